The predicted molar refractivity (Wildman–Crippen MR) is 140 cm³/mol. The first-order chi connectivity index (χ1) is 16.6. The van der Waals surface area contributed by atoms with E-state index in [2.05, 4.69) is 13.8 Å². The Balaban J connectivity index is 1.35. The minimum Gasteiger partial charge on any atom is -0.206 e. The highest BCUT2D eigenvalue weighted by molar-refractivity contribution is 5.65. The number of fused-ring (bicyclic) bond motifs is 1. The van der Waals surface area contributed by atoms with Crippen molar-refractivity contribution in [1.82, 2.24) is 0 Å². The molecule has 0 N–H and O–H groups in total. The van der Waals surface area contributed by atoms with E-state index in [1.165, 1.54) is 69.8 Å². The van der Waals surface area contributed by atoms with E-state index in [4.69, 9.17) is 0 Å². The van der Waals surface area contributed by atoms with Crippen LogP contribution in [0.15, 0.2) is 36.4 Å². The molecule has 2 aromatic carbocycles. The Kier molecular flexibility index (Phi) is 9.20. The second-order valence-electron chi connectivity index (χ2n) is 11.2. The van der Waals surface area contributed by atoms with E-state index >= 15 is 8.78 Å². The minimum atomic E-state index is -0.410. The lowest BCUT2D eigenvalue weighted by atomic mass is 9.63. The van der Waals surface area contributed by atoms with Gasteiger partial charge in [-0.15, -0.1) is 0 Å². The predicted octanol–water partition coefficient (Wildman–Crippen LogP) is 10.2. The van der Waals surface area contributed by atoms with Crippen molar-refractivity contribution in [1.29, 1.82) is 0 Å². The van der Waals surface area contributed by atoms with Gasteiger partial charge < -0.3 is 0 Å². The Bertz CT molecular complexity index is 877. The van der Waals surface area contributed by atoms with Crippen LogP contribution >= 0.6 is 0 Å². The van der Waals surface area contributed by atoms with Gasteiger partial charge in [-0.25, -0.2) is 8.78 Å². The Morgan fingerprint density at radius 1 is 0.735 bits per heavy atom. The van der Waals surface area contributed by atoms with Crippen molar-refractivity contribution in [2.75, 3.05) is 0 Å². The lowest BCUT2D eigenvalue weighted by molar-refractivity contribution is 0.113. The molecule has 4 rings (SSSR count). The highest BCUT2D eigenvalue weighted by atomic mass is 19.1. The van der Waals surface area contributed by atoms with Crippen molar-refractivity contribution in [2.45, 2.75) is 110 Å². The summed E-state index contributed by atoms with van der Waals surface area (Å²) in [5.41, 5.74) is 2.85. The van der Waals surface area contributed by atoms with Crippen LogP contribution in [0.3, 0.4) is 0 Å². The van der Waals surface area contributed by atoms with Crippen LogP contribution in [-0.4, -0.2) is 0 Å². The summed E-state index contributed by atoms with van der Waals surface area (Å²) in [7, 11) is 0. The lowest BCUT2D eigenvalue weighted by Crippen LogP contribution is -2.30. The van der Waals surface area contributed by atoms with Crippen LogP contribution in [0.4, 0.5) is 8.78 Å². The fourth-order valence-corrected chi connectivity index (χ4v) is 6.82. The van der Waals surface area contributed by atoms with Gasteiger partial charge in [0.1, 0.15) is 11.6 Å². The molecule has 34 heavy (non-hydrogen) atoms. The van der Waals surface area contributed by atoms with Gasteiger partial charge in [0.15, 0.2) is 0 Å². The quantitative estimate of drug-likeness (QED) is 0.305. The van der Waals surface area contributed by atoms with E-state index in [9.17, 15) is 0 Å². The molecule has 2 aliphatic carbocycles. The molecule has 2 saturated carbocycles. The Morgan fingerprint density at radius 2 is 1.41 bits per heavy atom. The van der Waals surface area contributed by atoms with E-state index in [1.54, 1.807) is 12.1 Å². The molecule has 2 heteroatoms. The monoisotopic (exact) mass is 466 g/mol. The van der Waals surface area contributed by atoms with Gasteiger partial charge in [-0.2, -0.15) is 0 Å². The number of aryl methyl sites for hydroxylation is 1. The van der Waals surface area contributed by atoms with Gasteiger partial charge in [-0.3, -0.25) is 0 Å². The van der Waals surface area contributed by atoms with Gasteiger partial charge in [0, 0.05) is 0 Å². The largest absolute Gasteiger partial charge is 0.206 e. The van der Waals surface area contributed by atoms with E-state index < -0.39 is 11.6 Å². The van der Waals surface area contributed by atoms with Crippen molar-refractivity contribution in [3.63, 3.8) is 0 Å². The molecular formula is C32H44F2. The molecule has 0 aliphatic heterocycles. The molecule has 2 fully saturated rings. The van der Waals surface area contributed by atoms with Crippen molar-refractivity contribution in [3.8, 4) is 11.1 Å². The fraction of sp³-hybridized carbons (Fsp3) is 0.625. The van der Waals surface area contributed by atoms with Gasteiger partial charge in [0.2, 0.25) is 0 Å². The Morgan fingerprint density at radius 3 is 2.12 bits per heavy atom. The van der Waals surface area contributed by atoms with Crippen molar-refractivity contribution < 1.29 is 8.78 Å². The molecule has 4 atom stereocenters. The second-order valence-corrected chi connectivity index (χ2v) is 11.2. The van der Waals surface area contributed by atoms with Crippen LogP contribution in [0.25, 0.3) is 11.1 Å². The molecule has 0 heterocycles. The summed E-state index contributed by atoms with van der Waals surface area (Å²) in [6, 6.07) is 11.0. The zero-order valence-corrected chi connectivity index (χ0v) is 21.4. The van der Waals surface area contributed by atoms with Crippen LogP contribution < -0.4 is 0 Å². The van der Waals surface area contributed by atoms with Gasteiger partial charge in [0.25, 0.3) is 0 Å². The SMILES string of the molecule is CCCCCCCC1CCC2CC(c3cc(F)c(-c4ccc(CCC)cc4)c(F)c3)CCC2C1. The first-order valence-corrected chi connectivity index (χ1v) is 14.2. The molecular weight excluding hydrogens is 422 g/mol. The van der Waals surface area contributed by atoms with Crippen LogP contribution in [0.2, 0.25) is 0 Å². The van der Waals surface area contributed by atoms with Gasteiger partial charge in [0.05, 0.1) is 5.56 Å². The molecule has 4 unspecified atom stereocenters. The Labute approximate surface area is 206 Å². The maximum absolute atomic E-state index is 15.1. The number of hydrogen-bond donors (Lipinski definition) is 0. The first kappa shape index (κ1) is 25.4. The number of rotatable bonds is 10. The molecule has 0 nitrogen and oxygen atoms in total. The summed E-state index contributed by atoms with van der Waals surface area (Å²) in [5, 5.41) is 0. The van der Waals surface area contributed by atoms with Crippen LogP contribution in [0.1, 0.15) is 114 Å². The highest BCUT2D eigenvalue weighted by Gasteiger charge is 2.36. The van der Waals surface area contributed by atoms with Crippen LogP contribution in [0, 0.1) is 29.4 Å². The van der Waals surface area contributed by atoms with Gasteiger partial charge in [-0.05, 0) is 91.0 Å². The zero-order valence-electron chi connectivity index (χ0n) is 21.4. The van der Waals surface area contributed by atoms with Gasteiger partial charge in [-0.1, -0.05) is 89.5 Å². The molecule has 0 aromatic heterocycles. The topological polar surface area (TPSA) is 0 Å². The summed E-state index contributed by atoms with van der Waals surface area (Å²) in [6.45, 7) is 4.42. The summed E-state index contributed by atoms with van der Waals surface area (Å²) in [5.74, 6) is 1.97. The normalized spacial score (nSPS) is 24.7. The third-order valence-corrected chi connectivity index (χ3v) is 8.75. The molecule has 2 aliphatic rings. The molecule has 0 saturated heterocycles. The zero-order chi connectivity index (χ0) is 23.9. The molecule has 0 spiro atoms. The highest BCUT2D eigenvalue weighted by Crippen LogP contribution is 2.49. The van der Waals surface area contributed by atoms with Crippen molar-refractivity contribution in [2.24, 2.45) is 17.8 Å². The number of benzene rings is 2. The third kappa shape index (κ3) is 6.29. The average molecular weight is 467 g/mol. The summed E-state index contributed by atoms with van der Waals surface area (Å²) >= 11 is 0. The molecule has 0 amide bonds. The van der Waals surface area contributed by atoms with E-state index in [0.717, 1.165) is 49.0 Å². The smallest absolute Gasteiger partial charge is 0.134 e. The molecule has 186 valence electrons. The summed E-state index contributed by atoms with van der Waals surface area (Å²) in [6.07, 6.45) is 17.8. The average Bonchev–Trinajstić information content (AvgIpc) is 2.84. The van der Waals surface area contributed by atoms with Gasteiger partial charge >= 0.3 is 0 Å². The third-order valence-electron chi connectivity index (χ3n) is 8.75. The molecule has 0 radical (unpaired) electrons. The maximum atomic E-state index is 15.1. The Hall–Kier alpha value is -1.70. The lowest BCUT2D eigenvalue weighted by Gasteiger charge is -2.42. The number of unbranched alkanes of at least 4 members (excludes halogenated alkanes) is 4. The van der Waals surface area contributed by atoms with Crippen molar-refractivity contribution in [3.05, 3.63) is 59.2 Å². The van der Waals surface area contributed by atoms with Crippen LogP contribution in [-0.2, 0) is 6.42 Å². The minimum absolute atomic E-state index is 0.125. The van der Waals surface area contributed by atoms with E-state index in [-0.39, 0.29) is 5.56 Å². The maximum Gasteiger partial charge on any atom is 0.134 e. The second kappa shape index (κ2) is 12.3. The standard InChI is InChI=1S/C32H44F2/c1-3-5-6-7-8-10-24-13-16-27-20-28(18-17-26(27)19-24)29-21-30(33)32(31(34)22-29)25-14-11-23(9-4-2)12-15-25/h11-12,14-15,21-22,24,26-28H,3-10,13,16-20H2,1-2H3. The summed E-state index contributed by atoms with van der Waals surface area (Å²) < 4.78 is 30.3. The first-order valence-electron chi connectivity index (χ1n) is 14.2. The molecule has 0 bridgehead atoms. The van der Waals surface area contributed by atoms with E-state index in [0.29, 0.717) is 11.5 Å². The number of hydrogen-bond acceptors (Lipinski definition) is 0. The van der Waals surface area contributed by atoms with Crippen LogP contribution in [0.5, 0.6) is 0 Å². The fourth-order valence-electron chi connectivity index (χ4n) is 6.82. The summed E-state index contributed by atoms with van der Waals surface area (Å²) in [4.78, 5) is 0. The van der Waals surface area contributed by atoms with E-state index in [1.807, 2.05) is 24.3 Å². The van der Waals surface area contributed by atoms with Crippen molar-refractivity contribution >= 4 is 0 Å². The molecule has 2 aromatic rings. The number of halogens is 2.